The molecule has 3 nitrogen and oxygen atoms in total. The first kappa shape index (κ1) is 15.2. The molecule has 110 valence electrons. The molecule has 1 aromatic carbocycles. The van der Waals surface area contributed by atoms with Crippen LogP contribution < -0.4 is 5.32 Å². The van der Waals surface area contributed by atoms with Crippen molar-refractivity contribution in [3.63, 3.8) is 0 Å². The van der Waals surface area contributed by atoms with Crippen LogP contribution in [0, 0.1) is 5.92 Å². The van der Waals surface area contributed by atoms with Crippen molar-refractivity contribution < 1.29 is 23.1 Å². The number of anilines is 1. The van der Waals surface area contributed by atoms with E-state index in [1.54, 1.807) is 0 Å². The van der Waals surface area contributed by atoms with Crippen molar-refractivity contribution in [3.8, 4) is 0 Å². The number of carbonyl (C=O) groups is 1. The van der Waals surface area contributed by atoms with Crippen LogP contribution >= 0.6 is 15.9 Å². The van der Waals surface area contributed by atoms with Gasteiger partial charge in [-0.2, -0.15) is 13.2 Å². The highest BCUT2D eigenvalue weighted by Gasteiger charge is 2.35. The molecule has 1 fully saturated rings. The monoisotopic (exact) mass is 351 g/mol. The molecule has 1 aliphatic carbocycles. The lowest BCUT2D eigenvalue weighted by atomic mass is 10.1. The van der Waals surface area contributed by atoms with E-state index in [4.69, 9.17) is 5.11 Å². The van der Waals surface area contributed by atoms with E-state index in [1.807, 2.05) is 0 Å². The fourth-order valence-electron chi connectivity index (χ4n) is 2.44. The minimum atomic E-state index is -4.44. The molecule has 0 saturated heterocycles. The lowest BCUT2D eigenvalue weighted by Crippen LogP contribution is -2.20. The van der Waals surface area contributed by atoms with Crippen LogP contribution in [-0.2, 0) is 11.0 Å². The summed E-state index contributed by atoms with van der Waals surface area (Å²) in [5.41, 5.74) is -0.748. The molecule has 0 amide bonds. The van der Waals surface area contributed by atoms with Crippen molar-refractivity contribution in [1.82, 2.24) is 0 Å². The minimum absolute atomic E-state index is 0.0112. The van der Waals surface area contributed by atoms with Gasteiger partial charge >= 0.3 is 12.1 Å². The summed E-state index contributed by atoms with van der Waals surface area (Å²) in [5, 5.41) is 11.7. The Hall–Kier alpha value is -1.24. The number of alkyl halides is 3. The normalized spacial score (nSPS) is 22.8. The average Bonchev–Trinajstić information content (AvgIpc) is 2.76. The van der Waals surface area contributed by atoms with Gasteiger partial charge in [0, 0.05) is 16.2 Å². The lowest BCUT2D eigenvalue weighted by Gasteiger charge is -2.19. The van der Waals surface area contributed by atoms with Crippen LogP contribution in [-0.4, -0.2) is 17.1 Å². The van der Waals surface area contributed by atoms with Gasteiger partial charge in [-0.25, -0.2) is 0 Å². The molecular weight excluding hydrogens is 339 g/mol. The third-order valence-electron chi connectivity index (χ3n) is 3.43. The number of carboxylic acids is 1. The number of aliphatic carboxylic acids is 1. The molecule has 1 aliphatic rings. The molecule has 0 spiro atoms. The second-order valence-corrected chi connectivity index (χ2v) is 5.79. The van der Waals surface area contributed by atoms with Crippen molar-refractivity contribution in [2.24, 2.45) is 5.92 Å². The van der Waals surface area contributed by atoms with E-state index in [-0.39, 0.29) is 11.7 Å². The molecule has 0 aromatic heterocycles. The van der Waals surface area contributed by atoms with Crippen molar-refractivity contribution in [2.45, 2.75) is 31.5 Å². The van der Waals surface area contributed by atoms with Crippen LogP contribution in [0.15, 0.2) is 22.7 Å². The topological polar surface area (TPSA) is 49.3 Å². The summed E-state index contributed by atoms with van der Waals surface area (Å²) in [6.07, 6.45) is -3.05. The number of benzene rings is 1. The second kappa shape index (κ2) is 5.63. The zero-order valence-corrected chi connectivity index (χ0v) is 12.0. The van der Waals surface area contributed by atoms with Crippen molar-refractivity contribution in [1.29, 1.82) is 0 Å². The van der Waals surface area contributed by atoms with Crippen LogP contribution in [0.2, 0.25) is 0 Å². The summed E-state index contributed by atoms with van der Waals surface area (Å²) in [5.74, 6) is -1.37. The van der Waals surface area contributed by atoms with Gasteiger partial charge in [-0.05, 0) is 37.5 Å². The Bertz CT molecular complexity index is 519. The first-order valence-electron chi connectivity index (χ1n) is 6.13. The van der Waals surface area contributed by atoms with Crippen molar-refractivity contribution in [2.75, 3.05) is 5.32 Å². The maximum atomic E-state index is 12.9. The molecule has 0 heterocycles. The summed E-state index contributed by atoms with van der Waals surface area (Å²) in [7, 11) is 0. The molecule has 2 rings (SSSR count). The fourth-order valence-corrected chi connectivity index (χ4v) is 2.80. The Balaban J connectivity index is 2.17. The number of carboxylic acid groups (broad SMARTS) is 1. The van der Waals surface area contributed by atoms with Crippen LogP contribution in [0.4, 0.5) is 18.9 Å². The number of rotatable bonds is 3. The number of halogens is 4. The zero-order chi connectivity index (χ0) is 14.9. The molecule has 0 unspecified atom stereocenters. The molecule has 2 atom stereocenters. The molecule has 0 aliphatic heterocycles. The van der Waals surface area contributed by atoms with E-state index >= 15 is 0 Å². The SMILES string of the molecule is O=C(O)[C@@H]1CC[C@H](Nc2cc(Br)ccc2C(F)(F)F)C1. The van der Waals surface area contributed by atoms with E-state index in [9.17, 15) is 18.0 Å². The van der Waals surface area contributed by atoms with E-state index in [1.165, 1.54) is 12.1 Å². The summed E-state index contributed by atoms with van der Waals surface area (Å²) in [6, 6.07) is 3.47. The van der Waals surface area contributed by atoms with Crippen LogP contribution in [0.25, 0.3) is 0 Å². The predicted molar refractivity (Wildman–Crippen MR) is 71.5 cm³/mol. The maximum Gasteiger partial charge on any atom is 0.418 e. The van der Waals surface area contributed by atoms with Gasteiger partial charge in [0.2, 0.25) is 0 Å². The molecule has 0 radical (unpaired) electrons. The fraction of sp³-hybridized carbons (Fsp3) is 0.462. The van der Waals surface area contributed by atoms with E-state index < -0.39 is 23.6 Å². The van der Waals surface area contributed by atoms with Crippen LogP contribution in [0.5, 0.6) is 0 Å². The van der Waals surface area contributed by atoms with E-state index in [0.717, 1.165) is 6.07 Å². The smallest absolute Gasteiger partial charge is 0.418 e. The first-order valence-corrected chi connectivity index (χ1v) is 6.93. The standard InChI is InChI=1S/C13H13BrF3NO2/c14-8-2-4-10(13(15,16)17)11(6-8)18-9-3-1-7(5-9)12(19)20/h2,4,6-7,9,18H,1,3,5H2,(H,19,20)/t7-,9+/m1/s1. The third-order valence-corrected chi connectivity index (χ3v) is 3.92. The third kappa shape index (κ3) is 3.45. The molecule has 0 bridgehead atoms. The predicted octanol–water partition coefficient (Wildman–Crippen LogP) is 4.13. The first-order chi connectivity index (χ1) is 9.27. The quantitative estimate of drug-likeness (QED) is 0.860. The van der Waals surface area contributed by atoms with Crippen molar-refractivity contribution in [3.05, 3.63) is 28.2 Å². The maximum absolute atomic E-state index is 12.9. The molecule has 7 heteroatoms. The Morgan fingerprint density at radius 1 is 1.35 bits per heavy atom. The van der Waals surface area contributed by atoms with E-state index in [0.29, 0.717) is 23.7 Å². The highest BCUT2D eigenvalue weighted by molar-refractivity contribution is 9.10. The Kier molecular flexibility index (Phi) is 4.27. The van der Waals surface area contributed by atoms with Gasteiger partial charge in [-0.15, -0.1) is 0 Å². The molecule has 20 heavy (non-hydrogen) atoms. The highest BCUT2D eigenvalue weighted by atomic mass is 79.9. The Morgan fingerprint density at radius 3 is 2.60 bits per heavy atom. The molecular formula is C13H13BrF3NO2. The number of hydrogen-bond donors (Lipinski definition) is 2. The number of hydrogen-bond acceptors (Lipinski definition) is 2. The van der Waals surface area contributed by atoms with Gasteiger partial charge in [0.1, 0.15) is 0 Å². The highest BCUT2D eigenvalue weighted by Crippen LogP contribution is 2.38. The largest absolute Gasteiger partial charge is 0.481 e. The average molecular weight is 352 g/mol. The molecule has 1 aromatic rings. The van der Waals surface area contributed by atoms with Gasteiger partial charge in [0.25, 0.3) is 0 Å². The lowest BCUT2D eigenvalue weighted by molar-refractivity contribution is -0.141. The Morgan fingerprint density at radius 2 is 2.05 bits per heavy atom. The summed E-state index contributed by atoms with van der Waals surface area (Å²) in [4.78, 5) is 10.9. The zero-order valence-electron chi connectivity index (χ0n) is 10.4. The summed E-state index contributed by atoms with van der Waals surface area (Å²) in [6.45, 7) is 0. The molecule has 2 N–H and O–H groups in total. The van der Waals surface area contributed by atoms with Crippen molar-refractivity contribution >= 4 is 27.6 Å². The minimum Gasteiger partial charge on any atom is -0.481 e. The number of nitrogens with one attached hydrogen (secondary N) is 1. The molecule has 1 saturated carbocycles. The summed E-state index contributed by atoms with van der Waals surface area (Å²) < 4.78 is 39.3. The van der Waals surface area contributed by atoms with Gasteiger partial charge in [0.15, 0.2) is 0 Å². The van der Waals surface area contributed by atoms with E-state index in [2.05, 4.69) is 21.2 Å². The van der Waals surface area contributed by atoms with Gasteiger partial charge in [-0.3, -0.25) is 4.79 Å². The van der Waals surface area contributed by atoms with Crippen LogP contribution in [0.3, 0.4) is 0 Å². The van der Waals surface area contributed by atoms with Gasteiger partial charge in [0.05, 0.1) is 11.5 Å². The second-order valence-electron chi connectivity index (χ2n) is 4.88. The van der Waals surface area contributed by atoms with Crippen LogP contribution in [0.1, 0.15) is 24.8 Å². The van der Waals surface area contributed by atoms with Gasteiger partial charge in [-0.1, -0.05) is 15.9 Å². The van der Waals surface area contributed by atoms with Gasteiger partial charge < -0.3 is 10.4 Å². The summed E-state index contributed by atoms with van der Waals surface area (Å²) >= 11 is 3.15. The Labute approximate surface area is 122 Å².